The molecule has 1 aromatic carbocycles. The van der Waals surface area contributed by atoms with Crippen molar-refractivity contribution in [2.45, 2.75) is 30.7 Å². The van der Waals surface area contributed by atoms with Crippen LogP contribution in [0.3, 0.4) is 0 Å². The van der Waals surface area contributed by atoms with E-state index < -0.39 is 10.0 Å². The normalized spacial score (nSPS) is 21.9. The Kier molecular flexibility index (Phi) is 3.47. The Labute approximate surface area is 110 Å². The summed E-state index contributed by atoms with van der Waals surface area (Å²) in [6.45, 7) is 2.53. The van der Waals surface area contributed by atoms with E-state index in [4.69, 9.17) is 5.73 Å². The zero-order valence-corrected chi connectivity index (χ0v) is 12.0. The van der Waals surface area contributed by atoms with Gasteiger partial charge in [-0.25, -0.2) is 8.42 Å². The highest BCUT2D eigenvalue weighted by molar-refractivity contribution is 9.10. The third-order valence-electron chi connectivity index (χ3n) is 3.07. The van der Waals surface area contributed by atoms with Gasteiger partial charge in [0.05, 0.1) is 4.90 Å². The summed E-state index contributed by atoms with van der Waals surface area (Å²) in [7, 11) is -3.39. The standard InChI is InChI=1S/C11H15BrN2O2S/c1-8-3-2-6-14(8)17(15,16)9-4-5-10(12)11(13)7-9/h4-5,7-8H,2-3,6,13H2,1H3. The number of nitrogen functional groups attached to an aromatic ring is 1. The highest BCUT2D eigenvalue weighted by atomic mass is 79.9. The number of sulfonamides is 1. The van der Waals surface area contributed by atoms with E-state index in [-0.39, 0.29) is 10.9 Å². The van der Waals surface area contributed by atoms with Crippen molar-refractivity contribution in [1.82, 2.24) is 4.31 Å². The van der Waals surface area contributed by atoms with E-state index in [0.29, 0.717) is 16.7 Å². The molecule has 4 nitrogen and oxygen atoms in total. The van der Waals surface area contributed by atoms with Gasteiger partial charge in [0, 0.05) is 22.7 Å². The summed E-state index contributed by atoms with van der Waals surface area (Å²) < 4.78 is 27.0. The van der Waals surface area contributed by atoms with Crippen molar-refractivity contribution >= 4 is 31.6 Å². The van der Waals surface area contributed by atoms with Gasteiger partial charge in [-0.05, 0) is 53.9 Å². The average molecular weight is 319 g/mol. The molecular weight excluding hydrogens is 304 g/mol. The second-order valence-corrected chi connectivity index (χ2v) is 7.04. The number of nitrogens with zero attached hydrogens (tertiary/aromatic N) is 1. The predicted molar refractivity (Wildman–Crippen MR) is 71.1 cm³/mol. The number of benzene rings is 1. The van der Waals surface area contributed by atoms with Crippen LogP contribution < -0.4 is 5.73 Å². The van der Waals surface area contributed by atoms with Crippen LogP contribution in [0, 0.1) is 0 Å². The number of rotatable bonds is 2. The summed E-state index contributed by atoms with van der Waals surface area (Å²) in [6.07, 6.45) is 1.84. The van der Waals surface area contributed by atoms with E-state index in [0.717, 1.165) is 12.8 Å². The smallest absolute Gasteiger partial charge is 0.243 e. The molecule has 2 rings (SSSR count). The molecule has 17 heavy (non-hydrogen) atoms. The Hall–Kier alpha value is -0.590. The van der Waals surface area contributed by atoms with Crippen molar-refractivity contribution in [3.05, 3.63) is 22.7 Å². The average Bonchev–Trinajstić information content (AvgIpc) is 2.69. The number of anilines is 1. The summed E-state index contributed by atoms with van der Waals surface area (Å²) >= 11 is 3.26. The predicted octanol–water partition coefficient (Wildman–Crippen LogP) is 2.20. The summed E-state index contributed by atoms with van der Waals surface area (Å²) in [5, 5.41) is 0. The zero-order chi connectivity index (χ0) is 12.6. The van der Waals surface area contributed by atoms with Crippen LogP contribution >= 0.6 is 15.9 Å². The Morgan fingerprint density at radius 1 is 1.47 bits per heavy atom. The maximum atomic E-state index is 12.4. The molecule has 1 atom stereocenters. The first kappa shape index (κ1) is 12.9. The minimum absolute atomic E-state index is 0.0740. The monoisotopic (exact) mass is 318 g/mol. The van der Waals surface area contributed by atoms with Crippen molar-refractivity contribution in [2.24, 2.45) is 0 Å². The van der Waals surface area contributed by atoms with Gasteiger partial charge in [0.25, 0.3) is 0 Å². The number of hydrogen-bond acceptors (Lipinski definition) is 3. The molecule has 0 radical (unpaired) electrons. The molecule has 0 amide bonds. The molecule has 1 aliphatic heterocycles. The van der Waals surface area contributed by atoms with Crippen molar-refractivity contribution in [1.29, 1.82) is 0 Å². The van der Waals surface area contributed by atoms with Crippen LogP contribution in [0.4, 0.5) is 5.69 Å². The van der Waals surface area contributed by atoms with E-state index in [1.165, 1.54) is 6.07 Å². The van der Waals surface area contributed by atoms with Gasteiger partial charge in [-0.3, -0.25) is 0 Å². The van der Waals surface area contributed by atoms with Gasteiger partial charge in [0.15, 0.2) is 0 Å². The van der Waals surface area contributed by atoms with E-state index in [1.54, 1.807) is 16.4 Å². The zero-order valence-electron chi connectivity index (χ0n) is 9.56. The lowest BCUT2D eigenvalue weighted by atomic mass is 10.3. The van der Waals surface area contributed by atoms with Gasteiger partial charge in [-0.1, -0.05) is 0 Å². The van der Waals surface area contributed by atoms with Gasteiger partial charge >= 0.3 is 0 Å². The number of hydrogen-bond donors (Lipinski definition) is 1. The fourth-order valence-electron chi connectivity index (χ4n) is 2.08. The van der Waals surface area contributed by atoms with Crippen LogP contribution in [0.5, 0.6) is 0 Å². The largest absolute Gasteiger partial charge is 0.398 e. The molecule has 0 aliphatic carbocycles. The van der Waals surface area contributed by atoms with E-state index in [9.17, 15) is 8.42 Å². The molecule has 0 bridgehead atoms. The van der Waals surface area contributed by atoms with Crippen LogP contribution in [0.15, 0.2) is 27.6 Å². The quantitative estimate of drug-likeness (QED) is 0.850. The summed E-state index contributed by atoms with van der Waals surface area (Å²) in [5.74, 6) is 0. The maximum absolute atomic E-state index is 12.4. The molecule has 6 heteroatoms. The highest BCUT2D eigenvalue weighted by Gasteiger charge is 2.32. The molecule has 94 valence electrons. The van der Waals surface area contributed by atoms with Crippen molar-refractivity contribution in [2.75, 3.05) is 12.3 Å². The molecular formula is C11H15BrN2O2S. The molecule has 1 aliphatic rings. The van der Waals surface area contributed by atoms with Crippen molar-refractivity contribution < 1.29 is 8.42 Å². The van der Waals surface area contributed by atoms with Crippen LogP contribution in [-0.4, -0.2) is 25.3 Å². The third-order valence-corrected chi connectivity index (χ3v) is 5.80. The molecule has 0 saturated carbocycles. The lowest BCUT2D eigenvalue weighted by Gasteiger charge is -2.21. The van der Waals surface area contributed by atoms with E-state index in [2.05, 4.69) is 15.9 Å². The lowest BCUT2D eigenvalue weighted by Crippen LogP contribution is -2.33. The molecule has 1 saturated heterocycles. The Morgan fingerprint density at radius 3 is 2.71 bits per heavy atom. The number of halogens is 1. The van der Waals surface area contributed by atoms with E-state index in [1.807, 2.05) is 6.92 Å². The maximum Gasteiger partial charge on any atom is 0.243 e. The molecule has 1 unspecified atom stereocenters. The molecule has 1 heterocycles. The molecule has 0 spiro atoms. The lowest BCUT2D eigenvalue weighted by molar-refractivity contribution is 0.408. The fourth-order valence-corrected chi connectivity index (χ4v) is 4.06. The first-order valence-corrected chi connectivity index (χ1v) is 7.73. The minimum Gasteiger partial charge on any atom is -0.398 e. The van der Waals surface area contributed by atoms with Crippen molar-refractivity contribution in [3.8, 4) is 0 Å². The second kappa shape index (κ2) is 4.59. The molecule has 2 N–H and O–H groups in total. The second-order valence-electron chi connectivity index (χ2n) is 4.29. The Balaban J connectivity index is 2.41. The van der Waals surface area contributed by atoms with Crippen LogP contribution in [0.25, 0.3) is 0 Å². The van der Waals surface area contributed by atoms with Gasteiger partial charge in [0.2, 0.25) is 10.0 Å². The highest BCUT2D eigenvalue weighted by Crippen LogP contribution is 2.29. The molecule has 1 fully saturated rings. The molecule has 0 aromatic heterocycles. The first-order valence-electron chi connectivity index (χ1n) is 5.50. The third kappa shape index (κ3) is 2.34. The van der Waals surface area contributed by atoms with Gasteiger partial charge in [-0.2, -0.15) is 4.31 Å². The SMILES string of the molecule is CC1CCCN1S(=O)(=O)c1ccc(Br)c(N)c1. The van der Waals surface area contributed by atoms with Gasteiger partial charge < -0.3 is 5.73 Å². The fraction of sp³-hybridized carbons (Fsp3) is 0.455. The van der Waals surface area contributed by atoms with Gasteiger partial charge in [0.1, 0.15) is 0 Å². The van der Waals surface area contributed by atoms with Gasteiger partial charge in [-0.15, -0.1) is 0 Å². The van der Waals surface area contributed by atoms with Crippen LogP contribution in [-0.2, 0) is 10.0 Å². The molecule has 1 aromatic rings. The topological polar surface area (TPSA) is 63.4 Å². The Morgan fingerprint density at radius 2 is 2.18 bits per heavy atom. The summed E-state index contributed by atoms with van der Waals surface area (Å²) in [6, 6.07) is 4.83. The minimum atomic E-state index is -3.39. The summed E-state index contributed by atoms with van der Waals surface area (Å²) in [4.78, 5) is 0.270. The number of nitrogens with two attached hydrogens (primary N) is 1. The first-order chi connectivity index (χ1) is 7.93. The van der Waals surface area contributed by atoms with Crippen molar-refractivity contribution in [3.63, 3.8) is 0 Å². The Bertz CT molecular complexity index is 530. The summed E-state index contributed by atoms with van der Waals surface area (Å²) in [5.41, 5.74) is 6.16. The van der Waals surface area contributed by atoms with Crippen LogP contribution in [0.1, 0.15) is 19.8 Å². The van der Waals surface area contributed by atoms with Crippen LogP contribution in [0.2, 0.25) is 0 Å². The van der Waals surface area contributed by atoms with E-state index >= 15 is 0 Å².